The Hall–Kier alpha value is -1.37. The molecule has 2 unspecified atom stereocenters. The van der Waals surface area contributed by atoms with Crippen LogP contribution in [0.5, 0.6) is 0 Å². The average Bonchev–Trinajstić information content (AvgIpc) is 3.40. The van der Waals surface area contributed by atoms with Crippen molar-refractivity contribution in [1.82, 2.24) is 14.8 Å². The molecule has 4 rings (SSSR count). The highest BCUT2D eigenvalue weighted by atomic mass is 35.5. The standard InChI is InChI=1S/C19H19Cl2N3O5S2/c1-28-17-15(24-6-9(5-22-24)13-8-30-19(27)23-13)16(26)14(7-25)29-18(17)31-10-2-3-11(20)12(21)4-10/h2-6,8,14-18,25-26H,7H2,1H3,(H,23,27)/t14?,15-,16-,17?,18+/m0/s1. The Kier molecular flexibility index (Phi) is 7.09. The highest BCUT2D eigenvalue weighted by Crippen LogP contribution is 2.40. The van der Waals surface area contributed by atoms with Crippen LogP contribution in [-0.4, -0.2) is 62.4 Å². The van der Waals surface area contributed by atoms with Crippen LogP contribution in [0.1, 0.15) is 6.04 Å². The largest absolute Gasteiger partial charge is 0.394 e. The topological polar surface area (TPSA) is 110 Å². The molecule has 1 fully saturated rings. The third-order valence-corrected chi connectivity index (χ3v) is 7.53. The van der Waals surface area contributed by atoms with Gasteiger partial charge in [-0.15, -0.1) is 0 Å². The lowest BCUT2D eigenvalue weighted by Gasteiger charge is -2.43. The molecule has 12 heteroatoms. The van der Waals surface area contributed by atoms with E-state index in [1.807, 2.05) is 6.07 Å². The molecule has 8 nitrogen and oxygen atoms in total. The number of hydrogen-bond acceptors (Lipinski definition) is 8. The van der Waals surface area contributed by atoms with Gasteiger partial charge < -0.3 is 24.7 Å². The van der Waals surface area contributed by atoms with Gasteiger partial charge in [-0.2, -0.15) is 5.10 Å². The number of methoxy groups -OCH3 is 1. The van der Waals surface area contributed by atoms with Crippen LogP contribution in [0.15, 0.2) is 45.7 Å². The average molecular weight is 504 g/mol. The molecule has 3 heterocycles. The minimum atomic E-state index is -1.07. The zero-order chi connectivity index (χ0) is 22.1. The first-order chi connectivity index (χ1) is 14.9. The lowest BCUT2D eigenvalue weighted by molar-refractivity contribution is -0.186. The van der Waals surface area contributed by atoms with Gasteiger partial charge in [0.15, 0.2) is 0 Å². The number of halogens is 2. The van der Waals surface area contributed by atoms with Crippen molar-refractivity contribution in [2.45, 2.75) is 34.7 Å². The summed E-state index contributed by atoms with van der Waals surface area (Å²) in [6.45, 7) is -0.376. The number of rotatable bonds is 6. The fourth-order valence-corrected chi connectivity index (χ4v) is 5.61. The van der Waals surface area contributed by atoms with Crippen molar-refractivity contribution in [2.75, 3.05) is 13.7 Å². The minimum Gasteiger partial charge on any atom is -0.394 e. The van der Waals surface area contributed by atoms with Gasteiger partial charge in [0.05, 0.1) is 28.5 Å². The summed E-state index contributed by atoms with van der Waals surface area (Å²) >= 11 is 14.5. The predicted octanol–water partition coefficient (Wildman–Crippen LogP) is 3.03. The van der Waals surface area contributed by atoms with Gasteiger partial charge in [0.2, 0.25) is 0 Å². The van der Waals surface area contributed by atoms with E-state index >= 15 is 0 Å². The van der Waals surface area contributed by atoms with E-state index in [2.05, 4.69) is 10.1 Å². The number of thioether (sulfide) groups is 1. The number of aliphatic hydroxyl groups excluding tert-OH is 2. The van der Waals surface area contributed by atoms with E-state index in [4.69, 9.17) is 32.7 Å². The first-order valence-corrected chi connectivity index (χ1v) is 11.7. The summed E-state index contributed by atoms with van der Waals surface area (Å²) in [6.07, 6.45) is 0.798. The second-order valence-electron chi connectivity index (χ2n) is 6.87. The van der Waals surface area contributed by atoms with Crippen molar-refractivity contribution < 1.29 is 19.7 Å². The first kappa shape index (κ1) is 22.8. The van der Waals surface area contributed by atoms with Crippen LogP contribution in [0, 0.1) is 0 Å². The number of aliphatic hydroxyl groups is 2. The second-order valence-corrected chi connectivity index (χ2v) is 9.70. The van der Waals surface area contributed by atoms with Crippen LogP contribution in [-0.2, 0) is 9.47 Å². The molecule has 0 aliphatic carbocycles. The minimum absolute atomic E-state index is 0.165. The molecule has 3 aromatic rings. The van der Waals surface area contributed by atoms with Crippen molar-refractivity contribution >= 4 is 46.3 Å². The normalized spacial score (nSPS) is 26.3. The molecular formula is C19H19Cl2N3O5S2. The molecule has 166 valence electrons. The fraction of sp³-hybridized carbons (Fsp3) is 0.368. The third-order valence-electron chi connectivity index (χ3n) is 4.98. The number of nitrogens with one attached hydrogen (secondary N) is 1. The predicted molar refractivity (Wildman–Crippen MR) is 120 cm³/mol. The molecule has 5 atom stereocenters. The van der Waals surface area contributed by atoms with Crippen molar-refractivity contribution in [3.8, 4) is 11.3 Å². The number of H-pyrrole nitrogens is 1. The number of ether oxygens (including phenoxy) is 2. The summed E-state index contributed by atoms with van der Waals surface area (Å²) in [6, 6.07) is 4.57. The summed E-state index contributed by atoms with van der Waals surface area (Å²) in [5, 5.41) is 27.6. The Morgan fingerprint density at radius 3 is 2.84 bits per heavy atom. The van der Waals surface area contributed by atoms with E-state index in [0.29, 0.717) is 21.3 Å². The molecule has 2 aromatic heterocycles. The lowest BCUT2D eigenvalue weighted by atomic mass is 9.97. The van der Waals surface area contributed by atoms with E-state index in [0.717, 1.165) is 16.2 Å². The second kappa shape index (κ2) is 9.63. The highest BCUT2D eigenvalue weighted by molar-refractivity contribution is 7.99. The molecule has 31 heavy (non-hydrogen) atoms. The van der Waals surface area contributed by atoms with Gasteiger partial charge in [-0.05, 0) is 18.2 Å². The Balaban J connectivity index is 1.65. The smallest absolute Gasteiger partial charge is 0.304 e. The molecule has 0 radical (unpaired) electrons. The summed E-state index contributed by atoms with van der Waals surface area (Å²) in [5.74, 6) is 0. The summed E-state index contributed by atoms with van der Waals surface area (Å²) < 4.78 is 13.2. The number of nitrogens with zero attached hydrogens (tertiary/aromatic N) is 2. The molecule has 0 amide bonds. The molecule has 0 bridgehead atoms. The summed E-state index contributed by atoms with van der Waals surface area (Å²) in [5.41, 5.74) is 0.764. The van der Waals surface area contributed by atoms with Crippen LogP contribution < -0.4 is 4.87 Å². The quantitative estimate of drug-likeness (QED) is 0.474. The van der Waals surface area contributed by atoms with Gasteiger partial charge in [0.1, 0.15) is 29.8 Å². The van der Waals surface area contributed by atoms with Gasteiger partial charge in [-0.1, -0.05) is 46.3 Å². The van der Waals surface area contributed by atoms with Gasteiger partial charge in [-0.25, -0.2) is 0 Å². The van der Waals surface area contributed by atoms with E-state index in [-0.39, 0.29) is 11.5 Å². The maximum Gasteiger partial charge on any atom is 0.304 e. The monoisotopic (exact) mass is 503 g/mol. The molecule has 0 spiro atoms. The van der Waals surface area contributed by atoms with Gasteiger partial charge in [0, 0.05) is 29.1 Å². The van der Waals surface area contributed by atoms with Crippen molar-refractivity contribution in [3.63, 3.8) is 0 Å². The SMILES string of the molecule is COC1[C@@H](Sc2ccc(Cl)c(Cl)c2)OC(CO)[C@H](O)[C@@H]1n1cc(-c2csc(=O)[nH]2)cn1. The van der Waals surface area contributed by atoms with Crippen molar-refractivity contribution in [3.05, 3.63) is 55.7 Å². The van der Waals surface area contributed by atoms with Crippen LogP contribution in [0.4, 0.5) is 0 Å². The fourth-order valence-electron chi connectivity index (χ4n) is 3.45. The molecule has 1 aromatic carbocycles. The van der Waals surface area contributed by atoms with E-state index in [1.165, 1.54) is 18.9 Å². The van der Waals surface area contributed by atoms with Crippen LogP contribution in [0.3, 0.4) is 0 Å². The summed E-state index contributed by atoms with van der Waals surface area (Å²) in [4.78, 5) is 14.8. The molecule has 1 aliphatic rings. The van der Waals surface area contributed by atoms with Crippen molar-refractivity contribution in [1.29, 1.82) is 0 Å². The van der Waals surface area contributed by atoms with Gasteiger partial charge in [0.25, 0.3) is 0 Å². The van der Waals surface area contributed by atoms with E-state index < -0.39 is 29.8 Å². The maximum absolute atomic E-state index is 11.5. The zero-order valence-electron chi connectivity index (χ0n) is 16.1. The van der Waals surface area contributed by atoms with Crippen LogP contribution in [0.2, 0.25) is 10.0 Å². The number of aromatic amines is 1. The highest BCUT2D eigenvalue weighted by Gasteiger charge is 2.47. The van der Waals surface area contributed by atoms with Gasteiger partial charge >= 0.3 is 4.87 Å². The Labute approximate surface area is 195 Å². The number of hydrogen-bond donors (Lipinski definition) is 3. The maximum atomic E-state index is 11.5. The molecule has 3 N–H and O–H groups in total. The Morgan fingerprint density at radius 2 is 2.19 bits per heavy atom. The molecule has 0 saturated carbocycles. The first-order valence-electron chi connectivity index (χ1n) is 9.22. The zero-order valence-corrected chi connectivity index (χ0v) is 19.3. The lowest BCUT2D eigenvalue weighted by Crippen LogP contribution is -2.55. The summed E-state index contributed by atoms with van der Waals surface area (Å²) in [7, 11) is 1.52. The third kappa shape index (κ3) is 4.71. The molecule has 1 aliphatic heterocycles. The molecular weight excluding hydrogens is 485 g/mol. The number of thiazole rings is 1. The Morgan fingerprint density at radius 1 is 1.39 bits per heavy atom. The van der Waals surface area contributed by atoms with Gasteiger partial charge in [-0.3, -0.25) is 9.48 Å². The number of benzene rings is 1. The van der Waals surface area contributed by atoms with Crippen LogP contribution in [0.25, 0.3) is 11.3 Å². The Bertz CT molecular complexity index is 1100. The number of aromatic nitrogens is 3. The van der Waals surface area contributed by atoms with E-state index in [9.17, 15) is 15.0 Å². The van der Waals surface area contributed by atoms with E-state index in [1.54, 1.807) is 34.6 Å². The van der Waals surface area contributed by atoms with Crippen molar-refractivity contribution in [2.24, 2.45) is 0 Å². The van der Waals surface area contributed by atoms with Crippen LogP contribution >= 0.6 is 46.3 Å². The molecule has 1 saturated heterocycles.